The first-order valence-corrected chi connectivity index (χ1v) is 12.2. The number of nitrogens with zero attached hydrogens (tertiary/aromatic N) is 4. The van der Waals surface area contributed by atoms with Crippen LogP contribution in [-0.2, 0) is 11.3 Å². The maximum atomic E-state index is 12.8. The van der Waals surface area contributed by atoms with Gasteiger partial charge in [0.25, 0.3) is 5.91 Å². The highest BCUT2D eigenvalue weighted by Gasteiger charge is 2.35. The number of fused-ring (bicyclic) bond motifs is 2. The van der Waals surface area contributed by atoms with Crippen LogP contribution in [0.1, 0.15) is 25.3 Å². The Balaban J connectivity index is 1.40. The van der Waals surface area contributed by atoms with Gasteiger partial charge in [-0.3, -0.25) is 10.2 Å². The number of aromatic nitrogens is 1. The van der Waals surface area contributed by atoms with E-state index in [4.69, 9.17) is 14.9 Å². The second kappa shape index (κ2) is 9.79. The summed E-state index contributed by atoms with van der Waals surface area (Å²) in [6, 6.07) is 15.5. The van der Waals surface area contributed by atoms with Crippen LogP contribution in [-0.4, -0.2) is 45.2 Å². The Kier molecular flexibility index (Phi) is 6.41. The summed E-state index contributed by atoms with van der Waals surface area (Å²) in [6.45, 7) is 3.15. The summed E-state index contributed by atoms with van der Waals surface area (Å²) in [4.78, 5) is 17.0. The van der Waals surface area contributed by atoms with E-state index in [0.717, 1.165) is 45.9 Å². The van der Waals surface area contributed by atoms with Gasteiger partial charge in [-0.25, -0.2) is 0 Å². The largest absolute Gasteiger partial charge is 0.497 e. The van der Waals surface area contributed by atoms with Gasteiger partial charge in [-0.15, -0.1) is 0 Å². The first-order chi connectivity index (χ1) is 17.1. The number of methoxy groups -OCH3 is 1. The third kappa shape index (κ3) is 4.59. The predicted molar refractivity (Wildman–Crippen MR) is 140 cm³/mol. The lowest BCUT2D eigenvalue weighted by Crippen LogP contribution is -2.35. The van der Waals surface area contributed by atoms with Crippen LogP contribution in [0.15, 0.2) is 70.4 Å². The van der Waals surface area contributed by atoms with E-state index in [1.807, 2.05) is 54.7 Å². The molecule has 35 heavy (non-hydrogen) atoms. The molecule has 8 nitrogen and oxygen atoms in total. The summed E-state index contributed by atoms with van der Waals surface area (Å²) in [5.74, 6) is 1.12. The van der Waals surface area contributed by atoms with Gasteiger partial charge in [0.15, 0.2) is 5.84 Å². The molecule has 3 aromatic rings. The fourth-order valence-corrected chi connectivity index (χ4v) is 5.02. The monoisotopic (exact) mass is 487 g/mol. The minimum absolute atomic E-state index is 0.0526. The summed E-state index contributed by atoms with van der Waals surface area (Å²) in [7, 11) is 1.63. The van der Waals surface area contributed by atoms with E-state index in [1.54, 1.807) is 13.2 Å². The average molecular weight is 488 g/mol. The fraction of sp³-hybridized carbons (Fsp3) is 0.231. The summed E-state index contributed by atoms with van der Waals surface area (Å²) in [5, 5.41) is 16.9. The summed E-state index contributed by atoms with van der Waals surface area (Å²) in [6.07, 6.45) is 5.46. The Morgan fingerprint density at radius 2 is 1.97 bits per heavy atom. The van der Waals surface area contributed by atoms with Gasteiger partial charge in [0.1, 0.15) is 23.1 Å². The molecule has 0 saturated heterocycles. The lowest BCUT2D eigenvalue weighted by atomic mass is 10.1. The van der Waals surface area contributed by atoms with E-state index >= 15 is 0 Å². The Morgan fingerprint density at radius 3 is 2.80 bits per heavy atom. The number of thioether (sulfide) groups is 1. The van der Waals surface area contributed by atoms with Gasteiger partial charge in [-0.05, 0) is 48.9 Å². The van der Waals surface area contributed by atoms with Crippen LogP contribution in [0, 0.1) is 5.41 Å². The van der Waals surface area contributed by atoms with E-state index < -0.39 is 5.91 Å². The van der Waals surface area contributed by atoms with Crippen molar-refractivity contribution in [2.75, 3.05) is 13.7 Å². The number of carbonyl (C=O) groups is 1. The van der Waals surface area contributed by atoms with Crippen molar-refractivity contribution in [1.82, 2.24) is 9.58 Å². The van der Waals surface area contributed by atoms with Crippen molar-refractivity contribution in [1.29, 1.82) is 5.41 Å². The molecule has 0 atom stereocenters. The van der Waals surface area contributed by atoms with Gasteiger partial charge in [-0.2, -0.15) is 15.1 Å². The van der Waals surface area contributed by atoms with Crippen molar-refractivity contribution in [2.24, 2.45) is 10.1 Å². The molecule has 1 amide bonds. The SMILES string of the molecule is CCCC1=NN2C(=N)/C(=C\c3cn(CCOc4cccc(OC)c4)c4ccccc34)C(=O)N=C2S1. The van der Waals surface area contributed by atoms with Crippen molar-refractivity contribution < 1.29 is 14.3 Å². The average Bonchev–Trinajstić information content (AvgIpc) is 3.43. The van der Waals surface area contributed by atoms with E-state index in [0.29, 0.717) is 18.3 Å². The summed E-state index contributed by atoms with van der Waals surface area (Å²) >= 11 is 1.36. The smallest absolute Gasteiger partial charge is 0.283 e. The van der Waals surface area contributed by atoms with Crippen molar-refractivity contribution in [2.45, 2.75) is 26.3 Å². The highest BCUT2D eigenvalue weighted by atomic mass is 32.2. The number of hydrazone groups is 1. The molecule has 0 aliphatic carbocycles. The molecule has 2 aromatic carbocycles. The number of para-hydroxylation sites is 1. The van der Waals surface area contributed by atoms with Crippen molar-refractivity contribution in [3.8, 4) is 11.5 Å². The molecule has 0 unspecified atom stereocenters. The zero-order chi connectivity index (χ0) is 24.4. The molecular weight excluding hydrogens is 462 g/mol. The van der Waals surface area contributed by atoms with Gasteiger partial charge in [0.05, 0.1) is 19.2 Å². The minimum atomic E-state index is -0.417. The van der Waals surface area contributed by atoms with E-state index in [-0.39, 0.29) is 11.4 Å². The quantitative estimate of drug-likeness (QED) is 0.444. The molecule has 0 bridgehead atoms. The number of carbonyl (C=O) groups excluding carboxylic acids is 1. The highest BCUT2D eigenvalue weighted by molar-refractivity contribution is 8.26. The van der Waals surface area contributed by atoms with Crippen LogP contribution in [0.4, 0.5) is 0 Å². The Labute approximate surface area is 207 Å². The molecule has 0 fully saturated rings. The zero-order valence-electron chi connectivity index (χ0n) is 19.5. The molecular formula is C26H25N5O3S. The molecule has 178 valence electrons. The van der Waals surface area contributed by atoms with Crippen LogP contribution >= 0.6 is 11.8 Å². The van der Waals surface area contributed by atoms with E-state index in [9.17, 15) is 4.79 Å². The summed E-state index contributed by atoms with van der Waals surface area (Å²) < 4.78 is 13.3. The lowest BCUT2D eigenvalue weighted by molar-refractivity contribution is -0.114. The third-order valence-corrected chi connectivity index (χ3v) is 6.69. The lowest BCUT2D eigenvalue weighted by Gasteiger charge is -2.20. The normalized spacial score (nSPS) is 16.5. The first-order valence-electron chi connectivity index (χ1n) is 11.4. The molecule has 1 N–H and O–H groups in total. The molecule has 0 spiro atoms. The summed E-state index contributed by atoms with van der Waals surface area (Å²) in [5.41, 5.74) is 2.09. The van der Waals surface area contributed by atoms with Crippen molar-refractivity contribution >= 4 is 50.7 Å². The maximum absolute atomic E-state index is 12.8. The number of amidine groups is 2. The van der Waals surface area contributed by atoms with Crippen LogP contribution in [0.3, 0.4) is 0 Å². The van der Waals surface area contributed by atoms with Gasteiger partial charge < -0.3 is 14.0 Å². The second-order valence-corrected chi connectivity index (χ2v) is 9.13. The predicted octanol–water partition coefficient (Wildman–Crippen LogP) is 5.15. The van der Waals surface area contributed by atoms with Crippen LogP contribution in [0.5, 0.6) is 11.5 Å². The number of aliphatic imine (C=N–C) groups is 1. The Bertz CT molecular complexity index is 1400. The number of nitrogens with one attached hydrogen (secondary N) is 1. The number of hydrogen-bond acceptors (Lipinski definition) is 6. The molecule has 1 aromatic heterocycles. The van der Waals surface area contributed by atoms with Gasteiger partial charge in [0, 0.05) is 28.7 Å². The van der Waals surface area contributed by atoms with Crippen LogP contribution < -0.4 is 9.47 Å². The zero-order valence-corrected chi connectivity index (χ0v) is 20.3. The number of benzene rings is 2. The molecule has 0 radical (unpaired) electrons. The number of ether oxygens (including phenoxy) is 2. The molecule has 2 aliphatic rings. The maximum Gasteiger partial charge on any atom is 0.283 e. The fourth-order valence-electron chi connectivity index (χ4n) is 4.03. The number of hydrogen-bond donors (Lipinski definition) is 1. The van der Waals surface area contributed by atoms with Gasteiger partial charge in [0.2, 0.25) is 5.17 Å². The minimum Gasteiger partial charge on any atom is -0.497 e. The number of rotatable bonds is 8. The highest BCUT2D eigenvalue weighted by Crippen LogP contribution is 2.31. The Hall–Kier alpha value is -3.85. The van der Waals surface area contributed by atoms with Crippen LogP contribution in [0.25, 0.3) is 17.0 Å². The van der Waals surface area contributed by atoms with Gasteiger partial charge >= 0.3 is 0 Å². The molecule has 0 saturated carbocycles. The van der Waals surface area contributed by atoms with Crippen molar-refractivity contribution in [3.63, 3.8) is 0 Å². The Morgan fingerprint density at radius 1 is 1.14 bits per heavy atom. The van der Waals surface area contributed by atoms with E-state index in [1.165, 1.54) is 16.8 Å². The van der Waals surface area contributed by atoms with E-state index in [2.05, 4.69) is 21.6 Å². The molecule has 5 rings (SSSR count). The number of amides is 1. The molecule has 3 heterocycles. The second-order valence-electron chi connectivity index (χ2n) is 8.09. The molecule has 9 heteroatoms. The molecule has 2 aliphatic heterocycles. The van der Waals surface area contributed by atoms with Gasteiger partial charge in [-0.1, -0.05) is 31.2 Å². The van der Waals surface area contributed by atoms with Crippen LogP contribution in [0.2, 0.25) is 0 Å². The first kappa shape index (κ1) is 22.9. The third-order valence-electron chi connectivity index (χ3n) is 5.72. The standard InChI is InChI=1S/C26H25N5O3S/c1-3-7-23-29-31-24(27)21(25(32)28-26(31)35-23)14-17-16-30(22-11-5-4-10-20(17)22)12-13-34-19-9-6-8-18(15-19)33-2/h4-6,8-11,14-16,27H,3,7,12-13H2,1-2H3/b21-14+,27-24?. The topological polar surface area (TPSA) is 92.3 Å². The van der Waals surface area contributed by atoms with Crippen molar-refractivity contribution in [3.05, 3.63) is 65.9 Å².